The minimum Gasteiger partial charge on any atom is -0.457 e. The molecule has 2 aromatic carbocycles. The molecule has 0 bridgehead atoms. The van der Waals surface area contributed by atoms with E-state index in [0.717, 1.165) is 16.9 Å². The van der Waals surface area contributed by atoms with Gasteiger partial charge in [-0.05, 0) is 61.4 Å². The van der Waals surface area contributed by atoms with E-state index in [1.54, 1.807) is 24.4 Å². The van der Waals surface area contributed by atoms with Crippen molar-refractivity contribution in [3.8, 4) is 11.5 Å². The Morgan fingerprint density at radius 2 is 1.72 bits per heavy atom. The summed E-state index contributed by atoms with van der Waals surface area (Å²) in [4.78, 5) is 16.4. The lowest BCUT2D eigenvalue weighted by Crippen LogP contribution is -2.16. The number of hydrogen-bond donors (Lipinski definition) is 2. The van der Waals surface area contributed by atoms with Crippen molar-refractivity contribution in [2.75, 3.05) is 11.1 Å². The molecule has 0 aliphatic heterocycles. The van der Waals surface area contributed by atoms with Crippen molar-refractivity contribution in [2.24, 2.45) is 0 Å². The molecule has 0 radical (unpaired) electrons. The lowest BCUT2D eigenvalue weighted by molar-refractivity contribution is 0.102. The third-order valence-electron chi connectivity index (χ3n) is 3.85. The second kappa shape index (κ2) is 7.05. The molecule has 126 valence electrons. The molecule has 0 spiro atoms. The molecule has 0 unspecified atom stereocenters. The molecule has 25 heavy (non-hydrogen) atoms. The Labute approximate surface area is 146 Å². The predicted molar refractivity (Wildman–Crippen MR) is 99.0 cm³/mol. The predicted octanol–water partition coefficient (Wildman–Crippen LogP) is 4.33. The van der Waals surface area contributed by atoms with Crippen LogP contribution in [0.4, 0.5) is 11.5 Å². The average molecular weight is 333 g/mol. The number of nitrogens with two attached hydrogens (primary N) is 1. The van der Waals surface area contributed by atoms with Gasteiger partial charge in [-0.15, -0.1) is 0 Å². The van der Waals surface area contributed by atoms with Gasteiger partial charge in [-0.3, -0.25) is 4.79 Å². The van der Waals surface area contributed by atoms with Crippen molar-refractivity contribution in [1.82, 2.24) is 4.98 Å². The summed E-state index contributed by atoms with van der Waals surface area (Å²) in [5, 5.41) is 2.83. The van der Waals surface area contributed by atoms with Crippen molar-refractivity contribution in [2.45, 2.75) is 13.8 Å². The second-order valence-electron chi connectivity index (χ2n) is 5.73. The van der Waals surface area contributed by atoms with Crippen LogP contribution in [0.25, 0.3) is 0 Å². The van der Waals surface area contributed by atoms with E-state index >= 15 is 0 Å². The summed E-state index contributed by atoms with van der Waals surface area (Å²) >= 11 is 0. The van der Waals surface area contributed by atoms with Crippen LogP contribution in [0.1, 0.15) is 21.5 Å². The number of amides is 1. The number of carbonyl (C=O) groups is 1. The Kier molecular flexibility index (Phi) is 4.66. The quantitative estimate of drug-likeness (QED) is 0.745. The van der Waals surface area contributed by atoms with Crippen molar-refractivity contribution in [3.05, 3.63) is 77.5 Å². The third kappa shape index (κ3) is 3.77. The Morgan fingerprint density at radius 1 is 1.00 bits per heavy atom. The maximum Gasteiger partial charge on any atom is 0.259 e. The molecule has 3 N–H and O–H groups in total. The molecule has 0 atom stereocenters. The highest BCUT2D eigenvalue weighted by Crippen LogP contribution is 2.26. The summed E-state index contributed by atoms with van der Waals surface area (Å²) in [6.07, 6.45) is 1.58. The van der Waals surface area contributed by atoms with Crippen LogP contribution in [-0.2, 0) is 0 Å². The summed E-state index contributed by atoms with van der Waals surface area (Å²) in [5.41, 5.74) is 8.70. The van der Waals surface area contributed by atoms with Gasteiger partial charge in [0, 0.05) is 11.9 Å². The van der Waals surface area contributed by atoms with Gasteiger partial charge in [0.2, 0.25) is 0 Å². The molecule has 0 saturated heterocycles. The Bertz CT molecular complexity index is 885. The maximum atomic E-state index is 12.4. The topological polar surface area (TPSA) is 77.2 Å². The third-order valence-corrected chi connectivity index (χ3v) is 3.85. The Morgan fingerprint density at radius 3 is 2.40 bits per heavy atom. The number of nitrogens with zero attached hydrogens (tertiary/aromatic N) is 1. The first-order chi connectivity index (χ1) is 12.0. The SMILES string of the molecule is Cc1ccccc1Oc1ccc(NC(=O)c2c(C)ccnc2N)cc1. The van der Waals surface area contributed by atoms with Crippen LogP contribution in [0.3, 0.4) is 0 Å². The van der Waals surface area contributed by atoms with Crippen molar-refractivity contribution >= 4 is 17.4 Å². The summed E-state index contributed by atoms with van der Waals surface area (Å²) in [6.45, 7) is 3.82. The van der Waals surface area contributed by atoms with Gasteiger partial charge in [-0.2, -0.15) is 0 Å². The molecule has 1 heterocycles. The zero-order chi connectivity index (χ0) is 17.8. The molecular formula is C20H19N3O2. The smallest absolute Gasteiger partial charge is 0.259 e. The molecule has 5 nitrogen and oxygen atoms in total. The lowest BCUT2D eigenvalue weighted by Gasteiger charge is -2.11. The van der Waals surface area contributed by atoms with Gasteiger partial charge >= 0.3 is 0 Å². The number of pyridine rings is 1. The molecule has 0 aliphatic carbocycles. The number of carbonyl (C=O) groups excluding carboxylic acids is 1. The minimum absolute atomic E-state index is 0.219. The number of hydrogen-bond acceptors (Lipinski definition) is 4. The van der Waals surface area contributed by atoms with Crippen LogP contribution in [0.15, 0.2) is 60.8 Å². The molecule has 1 amide bonds. The maximum absolute atomic E-state index is 12.4. The van der Waals surface area contributed by atoms with Gasteiger partial charge in [0.15, 0.2) is 0 Å². The largest absolute Gasteiger partial charge is 0.457 e. The van der Waals surface area contributed by atoms with Crippen LogP contribution in [0, 0.1) is 13.8 Å². The fourth-order valence-corrected chi connectivity index (χ4v) is 2.47. The lowest BCUT2D eigenvalue weighted by atomic mass is 10.1. The summed E-state index contributed by atoms with van der Waals surface area (Å²) in [5.74, 6) is 1.44. The first-order valence-corrected chi connectivity index (χ1v) is 7.90. The van der Waals surface area contributed by atoms with E-state index in [4.69, 9.17) is 10.5 Å². The van der Waals surface area contributed by atoms with E-state index in [9.17, 15) is 4.79 Å². The molecule has 5 heteroatoms. The van der Waals surface area contributed by atoms with Crippen LogP contribution in [0.5, 0.6) is 11.5 Å². The number of aromatic nitrogens is 1. The molecule has 0 fully saturated rings. The van der Waals surface area contributed by atoms with Gasteiger partial charge in [-0.1, -0.05) is 18.2 Å². The summed E-state index contributed by atoms with van der Waals surface area (Å²) in [7, 11) is 0. The molecule has 0 aliphatic rings. The molecule has 3 aromatic rings. The Balaban J connectivity index is 1.73. The van der Waals surface area contributed by atoms with Crippen LogP contribution in [0.2, 0.25) is 0 Å². The zero-order valence-corrected chi connectivity index (χ0v) is 14.1. The second-order valence-corrected chi connectivity index (χ2v) is 5.73. The monoisotopic (exact) mass is 333 g/mol. The summed E-state index contributed by atoms with van der Waals surface area (Å²) in [6, 6.07) is 16.7. The highest BCUT2D eigenvalue weighted by Gasteiger charge is 2.14. The number of nitrogen functional groups attached to an aromatic ring is 1. The fourth-order valence-electron chi connectivity index (χ4n) is 2.47. The van der Waals surface area contributed by atoms with E-state index in [0.29, 0.717) is 17.0 Å². The van der Waals surface area contributed by atoms with Gasteiger partial charge in [0.25, 0.3) is 5.91 Å². The van der Waals surface area contributed by atoms with Crippen molar-refractivity contribution in [1.29, 1.82) is 0 Å². The number of anilines is 2. The Hall–Kier alpha value is -3.34. The van der Waals surface area contributed by atoms with Gasteiger partial charge in [0.1, 0.15) is 17.3 Å². The number of ether oxygens (including phenoxy) is 1. The molecule has 1 aromatic heterocycles. The first kappa shape index (κ1) is 16.5. The number of benzene rings is 2. The van der Waals surface area contributed by atoms with Gasteiger partial charge in [-0.25, -0.2) is 4.98 Å². The number of aryl methyl sites for hydroxylation is 2. The van der Waals surface area contributed by atoms with Crippen LogP contribution < -0.4 is 15.8 Å². The number of para-hydroxylation sites is 1. The number of nitrogens with one attached hydrogen (secondary N) is 1. The standard InChI is InChI=1S/C20H19N3O2/c1-13-5-3-4-6-17(13)25-16-9-7-15(8-10-16)23-20(24)18-14(2)11-12-22-19(18)21/h3-12H,1-2H3,(H2,21,22)(H,23,24). The van der Waals surface area contributed by atoms with E-state index in [2.05, 4.69) is 10.3 Å². The van der Waals surface area contributed by atoms with Crippen LogP contribution in [-0.4, -0.2) is 10.9 Å². The molecule has 3 rings (SSSR count). The minimum atomic E-state index is -0.282. The zero-order valence-electron chi connectivity index (χ0n) is 14.1. The van der Waals surface area contributed by atoms with Gasteiger partial charge in [0.05, 0.1) is 5.56 Å². The summed E-state index contributed by atoms with van der Waals surface area (Å²) < 4.78 is 5.85. The van der Waals surface area contributed by atoms with Gasteiger partial charge < -0.3 is 15.8 Å². The fraction of sp³-hybridized carbons (Fsp3) is 0.100. The normalized spacial score (nSPS) is 10.3. The van der Waals surface area contributed by atoms with E-state index in [1.807, 2.05) is 50.2 Å². The highest BCUT2D eigenvalue weighted by molar-refractivity contribution is 6.08. The van der Waals surface area contributed by atoms with E-state index in [1.165, 1.54) is 0 Å². The van der Waals surface area contributed by atoms with E-state index in [-0.39, 0.29) is 11.7 Å². The molecule has 0 saturated carbocycles. The van der Waals surface area contributed by atoms with E-state index < -0.39 is 0 Å². The number of rotatable bonds is 4. The highest BCUT2D eigenvalue weighted by atomic mass is 16.5. The first-order valence-electron chi connectivity index (χ1n) is 7.90. The average Bonchev–Trinajstić information content (AvgIpc) is 2.58. The molecular weight excluding hydrogens is 314 g/mol. The van der Waals surface area contributed by atoms with Crippen molar-refractivity contribution in [3.63, 3.8) is 0 Å². The van der Waals surface area contributed by atoms with Crippen LogP contribution >= 0.6 is 0 Å². The van der Waals surface area contributed by atoms with Crippen molar-refractivity contribution < 1.29 is 9.53 Å².